The Morgan fingerprint density at radius 2 is 1.37 bits per heavy atom. The highest BCUT2D eigenvalue weighted by Gasteiger charge is 2.23. The van der Waals surface area contributed by atoms with Gasteiger partial charge in [-0.1, -0.05) is 33.9 Å². The van der Waals surface area contributed by atoms with Crippen LogP contribution in [0, 0.1) is 11.3 Å². The van der Waals surface area contributed by atoms with E-state index < -0.39 is 24.1 Å². The molecule has 0 aliphatic heterocycles. The summed E-state index contributed by atoms with van der Waals surface area (Å²) in [4.78, 5) is 45.5. The van der Waals surface area contributed by atoms with E-state index in [0.717, 1.165) is 6.42 Å². The molecular formula is C19H30N2O6. The maximum atomic E-state index is 11.6. The van der Waals surface area contributed by atoms with Gasteiger partial charge in [-0.2, -0.15) is 0 Å². The molecule has 0 saturated carbocycles. The van der Waals surface area contributed by atoms with Gasteiger partial charge in [-0.15, -0.1) is 0 Å². The van der Waals surface area contributed by atoms with Crippen LogP contribution in [0.5, 0.6) is 0 Å². The van der Waals surface area contributed by atoms with Crippen molar-refractivity contribution in [3.8, 4) is 0 Å². The van der Waals surface area contributed by atoms with Crippen molar-refractivity contribution in [2.75, 3.05) is 13.1 Å². The molecule has 27 heavy (non-hydrogen) atoms. The van der Waals surface area contributed by atoms with E-state index in [4.69, 9.17) is 0 Å². The Morgan fingerprint density at radius 3 is 1.81 bits per heavy atom. The van der Waals surface area contributed by atoms with Crippen molar-refractivity contribution < 1.29 is 28.7 Å². The van der Waals surface area contributed by atoms with Gasteiger partial charge in [0, 0.05) is 24.2 Å². The molecule has 0 fully saturated rings. The Morgan fingerprint density at radius 1 is 0.926 bits per heavy atom. The maximum absolute atomic E-state index is 11.6. The highest BCUT2D eigenvalue weighted by molar-refractivity contribution is 5.95. The molecule has 0 heterocycles. The van der Waals surface area contributed by atoms with Gasteiger partial charge < -0.3 is 20.1 Å². The van der Waals surface area contributed by atoms with Crippen molar-refractivity contribution in [1.29, 1.82) is 0 Å². The Bertz CT molecular complexity index is 609. The molecule has 8 heteroatoms. The van der Waals surface area contributed by atoms with Crippen LogP contribution in [0.15, 0.2) is 24.3 Å². The van der Waals surface area contributed by atoms with Crippen LogP contribution in [0.25, 0.3) is 0 Å². The SMILES string of the molecule is C=C(C)C(=O)OC(=O)NCCC(C)CC(C)(C)CNC(=O)OC(=O)C(=C)C. The fourth-order valence-electron chi connectivity index (χ4n) is 2.26. The largest absolute Gasteiger partial charge is 0.415 e. The number of hydrogen-bond donors (Lipinski definition) is 2. The predicted octanol–water partition coefficient (Wildman–Crippen LogP) is 3.09. The predicted molar refractivity (Wildman–Crippen MR) is 101 cm³/mol. The second-order valence-corrected chi connectivity index (χ2v) is 7.46. The summed E-state index contributed by atoms with van der Waals surface area (Å²) in [5.41, 5.74) is 0.0477. The van der Waals surface area contributed by atoms with Gasteiger partial charge in [-0.25, -0.2) is 19.2 Å². The third kappa shape index (κ3) is 11.6. The van der Waals surface area contributed by atoms with E-state index in [1.165, 1.54) is 13.8 Å². The lowest BCUT2D eigenvalue weighted by atomic mass is 9.82. The fraction of sp³-hybridized carbons (Fsp3) is 0.579. The minimum Gasteiger partial charge on any atom is -0.373 e. The molecule has 0 aromatic heterocycles. The van der Waals surface area contributed by atoms with Gasteiger partial charge in [-0.05, 0) is 38.0 Å². The highest BCUT2D eigenvalue weighted by atomic mass is 16.6. The fourth-order valence-corrected chi connectivity index (χ4v) is 2.26. The number of esters is 2. The molecule has 0 rings (SSSR count). The van der Waals surface area contributed by atoms with Crippen LogP contribution in [0.1, 0.15) is 47.5 Å². The van der Waals surface area contributed by atoms with Gasteiger partial charge in [0.05, 0.1) is 0 Å². The van der Waals surface area contributed by atoms with Crippen LogP contribution in [-0.2, 0) is 19.1 Å². The molecular weight excluding hydrogens is 352 g/mol. The zero-order valence-corrected chi connectivity index (χ0v) is 16.8. The van der Waals surface area contributed by atoms with E-state index in [9.17, 15) is 19.2 Å². The van der Waals surface area contributed by atoms with Crippen molar-refractivity contribution in [1.82, 2.24) is 10.6 Å². The zero-order valence-electron chi connectivity index (χ0n) is 16.8. The molecule has 1 unspecified atom stereocenters. The van der Waals surface area contributed by atoms with E-state index >= 15 is 0 Å². The minimum absolute atomic E-state index is 0.147. The molecule has 0 saturated heterocycles. The zero-order chi connectivity index (χ0) is 21.2. The third-order valence-corrected chi connectivity index (χ3v) is 3.59. The van der Waals surface area contributed by atoms with Crippen molar-refractivity contribution in [3.05, 3.63) is 24.3 Å². The monoisotopic (exact) mass is 382 g/mol. The number of carbonyl (C=O) groups excluding carboxylic acids is 4. The van der Waals surface area contributed by atoms with Gasteiger partial charge in [-0.3, -0.25) is 0 Å². The number of carbonyl (C=O) groups is 4. The molecule has 0 bridgehead atoms. The number of rotatable bonds is 9. The smallest absolute Gasteiger partial charge is 0.373 e. The molecule has 0 aliphatic carbocycles. The number of hydrogen-bond acceptors (Lipinski definition) is 6. The van der Waals surface area contributed by atoms with Gasteiger partial charge >= 0.3 is 24.1 Å². The van der Waals surface area contributed by atoms with Crippen molar-refractivity contribution in [3.63, 3.8) is 0 Å². The number of amides is 2. The first kappa shape index (κ1) is 24.4. The second kappa shape index (κ2) is 11.2. The normalized spacial score (nSPS) is 11.7. The van der Waals surface area contributed by atoms with Crippen LogP contribution in [0.4, 0.5) is 9.59 Å². The lowest BCUT2D eigenvalue weighted by Crippen LogP contribution is -2.36. The molecule has 0 aliphatic rings. The molecule has 0 aromatic carbocycles. The first-order valence-electron chi connectivity index (χ1n) is 8.65. The minimum atomic E-state index is -0.810. The molecule has 0 spiro atoms. The van der Waals surface area contributed by atoms with E-state index in [0.29, 0.717) is 19.5 Å². The van der Waals surface area contributed by atoms with E-state index in [1.807, 2.05) is 20.8 Å². The number of alkyl carbamates (subject to hydrolysis) is 2. The molecule has 8 nitrogen and oxygen atoms in total. The standard InChI is InChI=1S/C19H30N2O6/c1-12(2)15(22)26-17(24)20-9-8-14(5)10-19(6,7)11-21-18(25)27-16(23)13(3)4/h14H,1,3,8-11H2,2,4-7H3,(H,20,24)(H,21,25). The highest BCUT2D eigenvalue weighted by Crippen LogP contribution is 2.26. The third-order valence-electron chi connectivity index (χ3n) is 3.59. The van der Waals surface area contributed by atoms with Crippen molar-refractivity contribution in [2.45, 2.75) is 47.5 Å². The Labute approximate surface area is 160 Å². The molecule has 2 amide bonds. The Balaban J connectivity index is 4.18. The second-order valence-electron chi connectivity index (χ2n) is 7.46. The molecule has 152 valence electrons. The summed E-state index contributed by atoms with van der Waals surface area (Å²) in [6, 6.07) is 0. The van der Waals surface area contributed by atoms with E-state index in [-0.39, 0.29) is 22.5 Å². The van der Waals surface area contributed by atoms with Crippen LogP contribution in [-0.4, -0.2) is 37.2 Å². The summed E-state index contributed by atoms with van der Waals surface area (Å²) in [7, 11) is 0. The summed E-state index contributed by atoms with van der Waals surface area (Å²) >= 11 is 0. The first-order chi connectivity index (χ1) is 12.3. The first-order valence-corrected chi connectivity index (χ1v) is 8.65. The topological polar surface area (TPSA) is 111 Å². The Hall–Kier alpha value is -2.64. The van der Waals surface area contributed by atoms with Gasteiger partial charge in [0.15, 0.2) is 0 Å². The molecule has 0 radical (unpaired) electrons. The quantitative estimate of drug-likeness (QED) is 0.360. The van der Waals surface area contributed by atoms with E-state index in [1.54, 1.807) is 0 Å². The summed E-state index contributed by atoms with van der Waals surface area (Å²) < 4.78 is 9.09. The summed E-state index contributed by atoms with van der Waals surface area (Å²) in [6.45, 7) is 16.3. The van der Waals surface area contributed by atoms with Crippen LogP contribution in [0.3, 0.4) is 0 Å². The van der Waals surface area contributed by atoms with E-state index in [2.05, 4.69) is 33.3 Å². The van der Waals surface area contributed by atoms with Crippen molar-refractivity contribution >= 4 is 24.1 Å². The lowest BCUT2D eigenvalue weighted by molar-refractivity contribution is -0.133. The Kier molecular flexibility index (Phi) is 10.1. The lowest BCUT2D eigenvalue weighted by Gasteiger charge is -2.28. The number of ether oxygens (including phenoxy) is 2. The average Bonchev–Trinajstić information content (AvgIpc) is 2.52. The van der Waals surface area contributed by atoms with Gasteiger partial charge in [0.25, 0.3) is 0 Å². The van der Waals surface area contributed by atoms with Crippen LogP contribution < -0.4 is 10.6 Å². The van der Waals surface area contributed by atoms with Gasteiger partial charge in [0.2, 0.25) is 0 Å². The van der Waals surface area contributed by atoms with Crippen LogP contribution >= 0.6 is 0 Å². The maximum Gasteiger partial charge on any atom is 0.415 e. The van der Waals surface area contributed by atoms with Crippen LogP contribution in [0.2, 0.25) is 0 Å². The van der Waals surface area contributed by atoms with Gasteiger partial charge in [0.1, 0.15) is 0 Å². The molecule has 2 N–H and O–H groups in total. The summed E-state index contributed by atoms with van der Waals surface area (Å²) in [5, 5.41) is 5.07. The average molecular weight is 382 g/mol. The summed E-state index contributed by atoms with van der Waals surface area (Å²) in [6.07, 6.45) is -0.196. The molecule has 0 aromatic rings. The summed E-state index contributed by atoms with van der Waals surface area (Å²) in [5.74, 6) is -1.29. The number of nitrogens with one attached hydrogen (secondary N) is 2. The molecule has 1 atom stereocenters. The van der Waals surface area contributed by atoms with Crippen molar-refractivity contribution in [2.24, 2.45) is 11.3 Å².